The highest BCUT2D eigenvalue weighted by Gasteiger charge is 2.48. The van der Waals surface area contributed by atoms with E-state index < -0.39 is 17.2 Å². The largest absolute Gasteiger partial charge is 0.424 e. The fraction of sp³-hybridized carbons (Fsp3) is 0.312. The molecule has 1 unspecified atom stereocenters. The minimum absolute atomic E-state index is 0.0171. The Bertz CT molecular complexity index is 855. The molecule has 1 saturated carbocycles. The van der Waals surface area contributed by atoms with Gasteiger partial charge < -0.3 is 9.73 Å². The van der Waals surface area contributed by atoms with Gasteiger partial charge in [-0.25, -0.2) is 9.18 Å². The first kappa shape index (κ1) is 13.2. The Kier molecular flexibility index (Phi) is 2.55. The molecule has 2 aliphatic rings. The number of fused-ring (bicyclic) bond motifs is 3. The molecule has 1 amide bonds. The fourth-order valence-corrected chi connectivity index (χ4v) is 2.76. The highest BCUT2D eigenvalue weighted by molar-refractivity contribution is 6.02. The van der Waals surface area contributed by atoms with Crippen LogP contribution in [0.25, 0.3) is 11.1 Å². The summed E-state index contributed by atoms with van der Waals surface area (Å²) in [6, 6.07) is 4.84. The van der Waals surface area contributed by atoms with Crippen molar-refractivity contribution in [2.24, 2.45) is 0 Å². The van der Waals surface area contributed by atoms with E-state index in [4.69, 9.17) is 4.42 Å². The normalized spacial score (nSPS) is 21.4. The molecule has 4 rings (SSSR count). The van der Waals surface area contributed by atoms with Gasteiger partial charge in [-0.15, -0.1) is 0 Å². The average molecular weight is 300 g/mol. The second kappa shape index (κ2) is 4.25. The summed E-state index contributed by atoms with van der Waals surface area (Å²) < 4.78 is 19.4. The zero-order chi connectivity index (χ0) is 15.5. The van der Waals surface area contributed by atoms with Gasteiger partial charge in [-0.05, 0) is 25.8 Å². The SMILES string of the molecule is CC1C(=O)Nc2cc(C3(F)CC3)oc(=O)c2-c2cccnc21. The Labute approximate surface area is 125 Å². The van der Waals surface area contributed by atoms with E-state index in [-0.39, 0.29) is 17.2 Å². The van der Waals surface area contributed by atoms with Crippen LogP contribution in [0.15, 0.2) is 33.6 Å². The molecule has 1 atom stereocenters. The van der Waals surface area contributed by atoms with Crippen molar-refractivity contribution >= 4 is 11.6 Å². The number of carbonyl (C=O) groups is 1. The minimum Gasteiger partial charge on any atom is -0.424 e. The summed E-state index contributed by atoms with van der Waals surface area (Å²) in [4.78, 5) is 28.8. The molecule has 0 radical (unpaired) electrons. The Balaban J connectivity index is 2.01. The highest BCUT2D eigenvalue weighted by atomic mass is 19.1. The molecule has 6 heteroatoms. The standard InChI is InChI=1S/C16H13FN2O3/c1-8-13-9(3-2-6-18-13)12-10(19-14(8)20)7-11(22-15(12)21)16(17)4-5-16/h2-3,6-8H,4-5H2,1H3,(H,19,20). The Hall–Kier alpha value is -2.50. The number of carbonyl (C=O) groups excluding carboxylic acids is 1. The number of hydrogen-bond acceptors (Lipinski definition) is 4. The van der Waals surface area contributed by atoms with E-state index >= 15 is 0 Å². The van der Waals surface area contributed by atoms with Crippen LogP contribution in [0.4, 0.5) is 10.1 Å². The zero-order valence-electron chi connectivity index (χ0n) is 11.9. The average Bonchev–Trinajstić information content (AvgIpc) is 3.26. The number of rotatable bonds is 1. The summed E-state index contributed by atoms with van der Waals surface area (Å²) in [6.45, 7) is 1.72. The number of amides is 1. The summed E-state index contributed by atoms with van der Waals surface area (Å²) in [5.41, 5.74) is -0.644. The van der Waals surface area contributed by atoms with E-state index in [9.17, 15) is 14.0 Å². The Morgan fingerprint density at radius 1 is 1.41 bits per heavy atom. The van der Waals surface area contributed by atoms with Crippen molar-refractivity contribution in [1.82, 2.24) is 4.98 Å². The van der Waals surface area contributed by atoms with Gasteiger partial charge >= 0.3 is 5.63 Å². The van der Waals surface area contributed by atoms with E-state index in [1.54, 1.807) is 25.3 Å². The van der Waals surface area contributed by atoms with Crippen LogP contribution in [0.2, 0.25) is 0 Å². The van der Waals surface area contributed by atoms with Gasteiger partial charge in [0.1, 0.15) is 5.76 Å². The molecular weight excluding hydrogens is 287 g/mol. The topological polar surface area (TPSA) is 72.2 Å². The molecule has 3 heterocycles. The number of nitrogens with one attached hydrogen (secondary N) is 1. The molecule has 2 aromatic rings. The predicted molar refractivity (Wildman–Crippen MR) is 77.3 cm³/mol. The van der Waals surface area contributed by atoms with Crippen molar-refractivity contribution in [2.75, 3.05) is 5.32 Å². The molecule has 1 aliphatic heterocycles. The van der Waals surface area contributed by atoms with E-state index in [2.05, 4.69) is 10.3 Å². The lowest BCUT2D eigenvalue weighted by Gasteiger charge is -2.10. The monoisotopic (exact) mass is 300 g/mol. The summed E-state index contributed by atoms with van der Waals surface area (Å²) in [7, 11) is 0. The van der Waals surface area contributed by atoms with Crippen molar-refractivity contribution in [3.63, 3.8) is 0 Å². The lowest BCUT2D eigenvalue weighted by molar-refractivity contribution is -0.117. The number of alkyl halides is 1. The second-order valence-electron chi connectivity index (χ2n) is 5.80. The number of aromatic nitrogens is 1. The summed E-state index contributed by atoms with van der Waals surface area (Å²) in [6.07, 6.45) is 2.23. The second-order valence-corrected chi connectivity index (χ2v) is 5.80. The summed E-state index contributed by atoms with van der Waals surface area (Å²) >= 11 is 0. The number of anilines is 1. The van der Waals surface area contributed by atoms with Crippen LogP contribution >= 0.6 is 0 Å². The third-order valence-electron chi connectivity index (χ3n) is 4.25. The zero-order valence-corrected chi connectivity index (χ0v) is 11.9. The number of nitrogens with zero attached hydrogens (tertiary/aromatic N) is 1. The maximum absolute atomic E-state index is 14.2. The molecule has 0 aromatic carbocycles. The van der Waals surface area contributed by atoms with Gasteiger partial charge in [-0.2, -0.15) is 0 Å². The molecule has 22 heavy (non-hydrogen) atoms. The molecular formula is C16H13FN2O3. The molecule has 0 bridgehead atoms. The van der Waals surface area contributed by atoms with Crippen LogP contribution in [0.5, 0.6) is 0 Å². The summed E-state index contributed by atoms with van der Waals surface area (Å²) in [5.74, 6) is -0.804. The lowest BCUT2D eigenvalue weighted by Crippen LogP contribution is -2.18. The van der Waals surface area contributed by atoms with Crippen LogP contribution in [-0.4, -0.2) is 10.9 Å². The highest BCUT2D eigenvalue weighted by Crippen LogP contribution is 2.50. The third kappa shape index (κ3) is 1.80. The number of hydrogen-bond donors (Lipinski definition) is 1. The quantitative estimate of drug-likeness (QED) is 0.879. The summed E-state index contributed by atoms with van der Waals surface area (Å²) in [5, 5.41) is 2.69. The Morgan fingerprint density at radius 2 is 2.18 bits per heavy atom. The van der Waals surface area contributed by atoms with Crippen LogP contribution in [0.1, 0.15) is 37.1 Å². The van der Waals surface area contributed by atoms with Crippen LogP contribution in [0.3, 0.4) is 0 Å². The van der Waals surface area contributed by atoms with Gasteiger partial charge in [-0.1, -0.05) is 6.07 Å². The maximum Gasteiger partial charge on any atom is 0.346 e. The van der Waals surface area contributed by atoms with Gasteiger partial charge in [0.25, 0.3) is 0 Å². The number of pyridine rings is 1. The van der Waals surface area contributed by atoms with Crippen molar-refractivity contribution in [1.29, 1.82) is 0 Å². The Morgan fingerprint density at radius 3 is 2.91 bits per heavy atom. The van der Waals surface area contributed by atoms with Crippen molar-refractivity contribution in [3.8, 4) is 11.1 Å². The predicted octanol–water partition coefficient (Wildman–Crippen LogP) is 2.72. The van der Waals surface area contributed by atoms with Gasteiger partial charge in [-0.3, -0.25) is 9.78 Å². The van der Waals surface area contributed by atoms with E-state index in [1.165, 1.54) is 6.07 Å². The van der Waals surface area contributed by atoms with E-state index in [0.717, 1.165) is 0 Å². The molecule has 5 nitrogen and oxygen atoms in total. The molecule has 1 N–H and O–H groups in total. The van der Waals surface area contributed by atoms with E-state index in [1.807, 2.05) is 0 Å². The van der Waals surface area contributed by atoms with Gasteiger partial charge in [0.15, 0.2) is 5.67 Å². The molecule has 0 saturated heterocycles. The first-order valence-corrected chi connectivity index (χ1v) is 7.13. The van der Waals surface area contributed by atoms with Crippen LogP contribution < -0.4 is 10.9 Å². The van der Waals surface area contributed by atoms with Crippen molar-refractivity contribution in [2.45, 2.75) is 31.4 Å². The minimum atomic E-state index is -1.57. The maximum atomic E-state index is 14.2. The van der Waals surface area contributed by atoms with Gasteiger partial charge in [0, 0.05) is 17.8 Å². The first-order chi connectivity index (χ1) is 10.5. The molecule has 0 spiro atoms. The van der Waals surface area contributed by atoms with Crippen LogP contribution in [-0.2, 0) is 10.5 Å². The first-order valence-electron chi connectivity index (χ1n) is 7.13. The smallest absolute Gasteiger partial charge is 0.346 e. The fourth-order valence-electron chi connectivity index (χ4n) is 2.76. The molecule has 112 valence electrons. The van der Waals surface area contributed by atoms with Gasteiger partial charge in [0.05, 0.1) is 22.9 Å². The molecule has 1 aliphatic carbocycles. The van der Waals surface area contributed by atoms with Crippen molar-refractivity contribution < 1.29 is 13.6 Å². The number of halogens is 1. The third-order valence-corrected chi connectivity index (χ3v) is 4.25. The van der Waals surface area contributed by atoms with Gasteiger partial charge in [0.2, 0.25) is 5.91 Å². The van der Waals surface area contributed by atoms with E-state index in [0.29, 0.717) is 29.8 Å². The molecule has 1 fully saturated rings. The lowest BCUT2D eigenvalue weighted by atomic mass is 9.98. The van der Waals surface area contributed by atoms with Crippen LogP contribution in [0, 0.1) is 0 Å². The molecule has 2 aromatic heterocycles. The van der Waals surface area contributed by atoms with Crippen molar-refractivity contribution in [3.05, 3.63) is 46.3 Å².